The molecule has 0 aliphatic heterocycles. The van der Waals surface area contributed by atoms with Gasteiger partial charge in [0.1, 0.15) is 5.84 Å². The second-order valence-electron chi connectivity index (χ2n) is 6.89. The molecule has 0 spiro atoms. The summed E-state index contributed by atoms with van der Waals surface area (Å²) in [5.74, 6) is 0.532. The van der Waals surface area contributed by atoms with E-state index in [4.69, 9.17) is 11.1 Å². The number of amidine groups is 1. The molecule has 0 aromatic heterocycles. The lowest BCUT2D eigenvalue weighted by Crippen LogP contribution is -2.45. The summed E-state index contributed by atoms with van der Waals surface area (Å²) in [6.45, 7) is 4.82. The molecule has 4 N–H and O–H groups in total. The van der Waals surface area contributed by atoms with Gasteiger partial charge in [-0.15, -0.1) is 0 Å². The molecule has 0 saturated carbocycles. The van der Waals surface area contributed by atoms with E-state index in [0.717, 1.165) is 19.3 Å². The largest absolute Gasteiger partial charge is 0.376 e. The lowest BCUT2D eigenvalue weighted by atomic mass is 9.69. The van der Waals surface area contributed by atoms with Crippen molar-refractivity contribution in [3.8, 4) is 0 Å². The Morgan fingerprint density at radius 3 is 1.96 bits per heavy atom. The minimum absolute atomic E-state index is 0.480. The fourth-order valence-corrected chi connectivity index (χ4v) is 4.20. The van der Waals surface area contributed by atoms with Crippen LogP contribution in [0.4, 0.5) is 0 Å². The van der Waals surface area contributed by atoms with Gasteiger partial charge in [0.2, 0.25) is 0 Å². The maximum absolute atomic E-state index is 8.78. The molecular weight excluding hydrogens is 294 g/mol. The number of fused-ring (bicyclic) bond motifs is 2. The van der Waals surface area contributed by atoms with Gasteiger partial charge in [-0.3, -0.25) is 5.41 Å². The second-order valence-corrected chi connectivity index (χ2v) is 6.89. The van der Waals surface area contributed by atoms with Gasteiger partial charge in [-0.25, -0.2) is 0 Å². The first-order chi connectivity index (χ1) is 11.5. The number of hydrogen-bond acceptors (Lipinski definition) is 2. The van der Waals surface area contributed by atoms with Crippen molar-refractivity contribution in [2.45, 2.75) is 38.5 Å². The summed E-state index contributed by atoms with van der Waals surface area (Å²) < 4.78 is 0. The topological polar surface area (TPSA) is 61.9 Å². The van der Waals surface area contributed by atoms with Crippen LogP contribution in [-0.2, 0) is 18.3 Å². The van der Waals surface area contributed by atoms with Crippen LogP contribution in [0.2, 0.25) is 0 Å². The highest BCUT2D eigenvalue weighted by atomic mass is 14.9. The third kappa shape index (κ3) is 2.53. The monoisotopic (exact) mass is 321 g/mol. The minimum Gasteiger partial charge on any atom is -0.376 e. The first-order valence-electron chi connectivity index (χ1n) is 8.69. The van der Waals surface area contributed by atoms with E-state index in [2.05, 4.69) is 55.6 Å². The van der Waals surface area contributed by atoms with E-state index >= 15 is 0 Å². The molecule has 0 bridgehead atoms. The van der Waals surface area contributed by atoms with Gasteiger partial charge in [0.25, 0.3) is 0 Å². The number of rotatable bonds is 3. The Balaban J connectivity index is 2.37. The molecular formula is C21H27N3. The average Bonchev–Trinajstić information content (AvgIpc) is 2.70. The van der Waals surface area contributed by atoms with Gasteiger partial charge in [0.05, 0.1) is 5.41 Å². The van der Waals surface area contributed by atoms with Gasteiger partial charge >= 0.3 is 0 Å². The molecule has 0 fully saturated rings. The third-order valence-electron chi connectivity index (χ3n) is 5.30. The number of hydrogen-bond donors (Lipinski definition) is 3. The molecule has 0 atom stereocenters. The van der Waals surface area contributed by atoms with E-state index in [-0.39, 0.29) is 0 Å². The third-order valence-corrected chi connectivity index (χ3v) is 5.30. The summed E-state index contributed by atoms with van der Waals surface area (Å²) in [5, 5.41) is 11.9. The lowest BCUT2D eigenvalue weighted by molar-refractivity contribution is 0.602. The number of aryl methyl sites for hydroxylation is 4. The predicted octanol–water partition coefficient (Wildman–Crippen LogP) is 3.23. The zero-order chi connectivity index (χ0) is 17.3. The quantitative estimate of drug-likeness (QED) is 0.600. The van der Waals surface area contributed by atoms with E-state index in [9.17, 15) is 0 Å². The van der Waals surface area contributed by atoms with Crippen molar-refractivity contribution < 1.29 is 0 Å². The molecule has 1 aliphatic rings. The summed E-state index contributed by atoms with van der Waals surface area (Å²) in [5.41, 5.74) is 13.3. The fourth-order valence-electron chi connectivity index (χ4n) is 4.20. The molecule has 3 heteroatoms. The molecule has 3 rings (SSSR count). The minimum atomic E-state index is -0.480. The standard InChI is InChI=1S/C21H27N3/c1-14-4-8-18-16(12-14)6-7-17-13-15(2)5-9-19(17)21(18,10-11-22)20(23)24-3/h4-5,8-9,12-13H,6-7,10-11,22H2,1-3H3,(H2,23,24). The van der Waals surface area contributed by atoms with Gasteiger partial charge in [-0.1, -0.05) is 47.5 Å². The van der Waals surface area contributed by atoms with Gasteiger partial charge in [0, 0.05) is 7.05 Å². The Hall–Kier alpha value is -2.13. The lowest BCUT2D eigenvalue weighted by Gasteiger charge is -2.37. The maximum Gasteiger partial charge on any atom is 0.108 e. The SMILES string of the molecule is CNC(=N)C1(CCN)c2ccc(C)cc2CCc2cc(C)ccc21. The number of benzene rings is 2. The van der Waals surface area contributed by atoms with Crippen molar-refractivity contribution in [3.63, 3.8) is 0 Å². The van der Waals surface area contributed by atoms with Crippen molar-refractivity contribution >= 4 is 5.84 Å². The molecule has 0 radical (unpaired) electrons. The van der Waals surface area contributed by atoms with E-state index < -0.39 is 5.41 Å². The second kappa shape index (κ2) is 6.40. The Morgan fingerprint density at radius 2 is 1.54 bits per heavy atom. The van der Waals surface area contributed by atoms with Crippen molar-refractivity contribution in [3.05, 3.63) is 69.8 Å². The predicted molar refractivity (Wildman–Crippen MR) is 101 cm³/mol. The van der Waals surface area contributed by atoms with Crippen molar-refractivity contribution in [1.29, 1.82) is 5.41 Å². The average molecular weight is 321 g/mol. The summed E-state index contributed by atoms with van der Waals surface area (Å²) >= 11 is 0. The van der Waals surface area contributed by atoms with Crippen molar-refractivity contribution in [2.75, 3.05) is 13.6 Å². The maximum atomic E-state index is 8.78. The molecule has 3 nitrogen and oxygen atoms in total. The van der Waals surface area contributed by atoms with Crippen LogP contribution >= 0.6 is 0 Å². The normalized spacial score (nSPS) is 15.2. The van der Waals surface area contributed by atoms with E-state index in [0.29, 0.717) is 12.4 Å². The van der Waals surface area contributed by atoms with E-state index in [1.807, 2.05) is 7.05 Å². The molecule has 0 amide bonds. The van der Waals surface area contributed by atoms with Crippen molar-refractivity contribution in [1.82, 2.24) is 5.32 Å². The van der Waals surface area contributed by atoms with E-state index in [1.54, 1.807) is 0 Å². The van der Waals surface area contributed by atoms with Gasteiger partial charge in [-0.2, -0.15) is 0 Å². The Morgan fingerprint density at radius 1 is 1.04 bits per heavy atom. The van der Waals surface area contributed by atoms with Crippen molar-refractivity contribution in [2.24, 2.45) is 5.73 Å². The Kier molecular flexibility index (Phi) is 4.46. The van der Waals surface area contributed by atoms with Crippen LogP contribution in [0.5, 0.6) is 0 Å². The van der Waals surface area contributed by atoms with Gasteiger partial charge in [0.15, 0.2) is 0 Å². The van der Waals surface area contributed by atoms with Gasteiger partial charge in [-0.05, 0) is 61.9 Å². The molecule has 2 aromatic carbocycles. The van der Waals surface area contributed by atoms with Crippen LogP contribution in [0.15, 0.2) is 36.4 Å². The van der Waals surface area contributed by atoms with Gasteiger partial charge < -0.3 is 11.1 Å². The number of likely N-dealkylation sites (N-methyl/N-ethyl adjacent to an activating group) is 1. The zero-order valence-corrected chi connectivity index (χ0v) is 14.9. The summed E-state index contributed by atoms with van der Waals surface area (Å²) in [6.07, 6.45) is 2.76. The highest BCUT2D eigenvalue weighted by Gasteiger charge is 2.42. The fraction of sp³-hybridized carbons (Fsp3) is 0.381. The summed E-state index contributed by atoms with van der Waals surface area (Å²) in [7, 11) is 1.84. The van der Waals surface area contributed by atoms with Crippen LogP contribution < -0.4 is 11.1 Å². The highest BCUT2D eigenvalue weighted by Crippen LogP contribution is 2.43. The Bertz CT molecular complexity index is 723. The molecule has 0 saturated heterocycles. The number of nitrogens with one attached hydrogen (secondary N) is 2. The van der Waals surface area contributed by atoms with Crippen LogP contribution in [0.25, 0.3) is 0 Å². The molecule has 24 heavy (non-hydrogen) atoms. The summed E-state index contributed by atoms with van der Waals surface area (Å²) in [6, 6.07) is 13.3. The first-order valence-corrected chi connectivity index (χ1v) is 8.69. The van der Waals surface area contributed by atoms with E-state index in [1.165, 1.54) is 33.4 Å². The number of nitrogens with two attached hydrogens (primary N) is 1. The van der Waals surface area contributed by atoms with Crippen LogP contribution in [0, 0.1) is 19.3 Å². The summed E-state index contributed by atoms with van der Waals surface area (Å²) in [4.78, 5) is 0. The zero-order valence-electron chi connectivity index (χ0n) is 14.9. The van der Waals surface area contributed by atoms with Crippen LogP contribution in [-0.4, -0.2) is 19.4 Å². The van der Waals surface area contributed by atoms with Crippen LogP contribution in [0.3, 0.4) is 0 Å². The Labute approximate surface area is 144 Å². The molecule has 126 valence electrons. The molecule has 0 heterocycles. The highest BCUT2D eigenvalue weighted by molar-refractivity contribution is 5.95. The first kappa shape index (κ1) is 16.7. The van der Waals surface area contributed by atoms with Crippen LogP contribution in [0.1, 0.15) is 39.8 Å². The smallest absolute Gasteiger partial charge is 0.108 e. The molecule has 0 unspecified atom stereocenters. The molecule has 2 aromatic rings. The molecule has 1 aliphatic carbocycles.